The molecule has 3 rings (SSSR count). The van der Waals surface area contributed by atoms with Gasteiger partial charge in [0.1, 0.15) is 12.2 Å². The number of ether oxygens (including phenoxy) is 2. The Morgan fingerprint density at radius 3 is 2.69 bits per heavy atom. The molecule has 2 N–H and O–H groups in total. The van der Waals surface area contributed by atoms with Crippen LogP contribution in [0.25, 0.3) is 0 Å². The Balaban J connectivity index is 2.08. The highest BCUT2D eigenvalue weighted by atomic mass is 16.6. The minimum Gasteiger partial charge on any atom is -0.458 e. The fraction of sp³-hybridized carbons (Fsp3) is 0.700. The van der Waals surface area contributed by atoms with Gasteiger partial charge in [-0.05, 0) is 40.0 Å². The number of aliphatic hydroxyl groups excluding tert-OH is 1. The first-order valence-corrected chi connectivity index (χ1v) is 9.17. The van der Waals surface area contributed by atoms with Gasteiger partial charge in [-0.3, -0.25) is 0 Å². The van der Waals surface area contributed by atoms with Crippen LogP contribution in [0.4, 0.5) is 0 Å². The largest absolute Gasteiger partial charge is 0.458 e. The molecule has 0 aromatic rings. The number of hydrogen-bond donors (Lipinski definition) is 2. The van der Waals surface area contributed by atoms with Crippen LogP contribution in [-0.4, -0.2) is 46.1 Å². The maximum atomic E-state index is 12.5. The van der Waals surface area contributed by atoms with E-state index in [1.165, 1.54) is 0 Å². The van der Waals surface area contributed by atoms with Crippen LogP contribution < -0.4 is 0 Å². The van der Waals surface area contributed by atoms with E-state index in [0.717, 1.165) is 0 Å². The summed E-state index contributed by atoms with van der Waals surface area (Å²) < 4.78 is 11.3. The first kappa shape index (κ1) is 19.1. The van der Waals surface area contributed by atoms with Gasteiger partial charge in [0, 0.05) is 22.5 Å². The molecule has 0 bridgehead atoms. The van der Waals surface area contributed by atoms with Crippen molar-refractivity contribution < 1.29 is 29.3 Å². The third kappa shape index (κ3) is 2.70. The molecule has 1 saturated heterocycles. The number of esters is 2. The van der Waals surface area contributed by atoms with E-state index in [0.29, 0.717) is 24.8 Å². The van der Waals surface area contributed by atoms with Crippen LogP contribution in [0.2, 0.25) is 0 Å². The standard InChI is InChI=1S/C20H28O6/c1-6-10(2)17(22)26-15-14-11(3)18(23)25-12(14)9-19(4)13(21)7-8-20(5,24)16(15)19/h6,12-16,21,24H,3,7-9H2,1-2,4-5H3/t12-,13+,14+,15-,16?,19-,20+/m0/s1. The van der Waals surface area contributed by atoms with Crippen molar-refractivity contribution in [3.8, 4) is 0 Å². The number of rotatable bonds is 2. The normalized spacial score (nSPS) is 45.6. The molecule has 0 radical (unpaired) electrons. The number of aliphatic hydroxyl groups is 2. The molecule has 3 aliphatic rings. The first-order valence-electron chi connectivity index (χ1n) is 9.17. The maximum Gasteiger partial charge on any atom is 0.334 e. The van der Waals surface area contributed by atoms with Gasteiger partial charge in [-0.1, -0.05) is 19.6 Å². The van der Waals surface area contributed by atoms with E-state index < -0.39 is 53.1 Å². The average molecular weight is 364 g/mol. The summed E-state index contributed by atoms with van der Waals surface area (Å²) in [6, 6.07) is 0. The van der Waals surface area contributed by atoms with Gasteiger partial charge in [-0.25, -0.2) is 9.59 Å². The molecule has 2 saturated carbocycles. The summed E-state index contributed by atoms with van der Waals surface area (Å²) in [6.45, 7) is 10.8. The van der Waals surface area contributed by atoms with Gasteiger partial charge < -0.3 is 19.7 Å². The summed E-state index contributed by atoms with van der Waals surface area (Å²) in [7, 11) is 0. The Bertz CT molecular complexity index is 678. The van der Waals surface area contributed by atoms with Crippen molar-refractivity contribution in [1.29, 1.82) is 0 Å². The Morgan fingerprint density at radius 1 is 1.42 bits per heavy atom. The fourth-order valence-electron chi connectivity index (χ4n) is 5.17. The molecule has 1 heterocycles. The van der Waals surface area contributed by atoms with Crippen LogP contribution in [0, 0.1) is 17.3 Å². The molecular weight excluding hydrogens is 336 g/mol. The molecule has 144 valence electrons. The smallest absolute Gasteiger partial charge is 0.334 e. The van der Waals surface area contributed by atoms with Crippen LogP contribution in [0.1, 0.15) is 47.0 Å². The van der Waals surface area contributed by atoms with Crippen molar-refractivity contribution in [3.63, 3.8) is 0 Å². The van der Waals surface area contributed by atoms with Crippen LogP contribution in [0.5, 0.6) is 0 Å². The lowest BCUT2D eigenvalue weighted by molar-refractivity contribution is -0.234. The van der Waals surface area contributed by atoms with Gasteiger partial charge in [0.25, 0.3) is 0 Å². The average Bonchev–Trinajstić information content (AvgIpc) is 2.84. The molecule has 6 nitrogen and oxygen atoms in total. The van der Waals surface area contributed by atoms with Crippen LogP contribution >= 0.6 is 0 Å². The van der Waals surface area contributed by atoms with Crippen molar-refractivity contribution in [2.45, 2.75) is 70.9 Å². The van der Waals surface area contributed by atoms with E-state index in [1.54, 1.807) is 26.8 Å². The lowest BCUT2D eigenvalue weighted by Crippen LogP contribution is -2.65. The van der Waals surface area contributed by atoms with Gasteiger partial charge in [-0.15, -0.1) is 0 Å². The van der Waals surface area contributed by atoms with E-state index in [4.69, 9.17) is 9.47 Å². The number of allylic oxidation sites excluding steroid dienone is 1. The predicted octanol–water partition coefficient (Wildman–Crippen LogP) is 1.89. The molecule has 0 spiro atoms. The van der Waals surface area contributed by atoms with Crippen molar-refractivity contribution in [3.05, 3.63) is 23.8 Å². The van der Waals surface area contributed by atoms with Gasteiger partial charge in [0.15, 0.2) is 0 Å². The minimum atomic E-state index is -1.14. The molecule has 1 unspecified atom stereocenters. The van der Waals surface area contributed by atoms with Gasteiger partial charge >= 0.3 is 11.9 Å². The summed E-state index contributed by atoms with van der Waals surface area (Å²) in [4.78, 5) is 24.6. The summed E-state index contributed by atoms with van der Waals surface area (Å²) in [5, 5.41) is 21.9. The molecular formula is C20H28O6. The van der Waals surface area contributed by atoms with Crippen LogP contribution in [-0.2, 0) is 19.1 Å². The second-order valence-corrected chi connectivity index (χ2v) is 8.44. The summed E-state index contributed by atoms with van der Waals surface area (Å²) in [5.74, 6) is -2.03. The lowest BCUT2D eigenvalue weighted by atomic mass is 9.50. The fourth-order valence-corrected chi connectivity index (χ4v) is 5.17. The molecule has 3 fully saturated rings. The van der Waals surface area contributed by atoms with Crippen LogP contribution in [0.3, 0.4) is 0 Å². The lowest BCUT2D eigenvalue weighted by Gasteiger charge is -2.59. The minimum absolute atomic E-state index is 0.267. The van der Waals surface area contributed by atoms with Crippen molar-refractivity contribution >= 4 is 11.9 Å². The van der Waals surface area contributed by atoms with E-state index >= 15 is 0 Å². The molecule has 6 heteroatoms. The van der Waals surface area contributed by atoms with Crippen molar-refractivity contribution in [2.75, 3.05) is 0 Å². The summed E-state index contributed by atoms with van der Waals surface area (Å²) in [6.07, 6.45) is 0.922. The second kappa shape index (κ2) is 6.20. The highest BCUT2D eigenvalue weighted by molar-refractivity contribution is 5.91. The molecule has 0 aromatic heterocycles. The summed E-state index contributed by atoms with van der Waals surface area (Å²) in [5.41, 5.74) is -1.16. The molecule has 7 atom stereocenters. The SMILES string of the molecule is C=C1C(=O)O[C@H]2C[C@]3(C)C([C@@H](OC(=O)C(C)=CC)[C@H]12)[C@](C)(O)CC[C@H]3O. The molecule has 1 aliphatic heterocycles. The van der Waals surface area contributed by atoms with Gasteiger partial charge in [0.05, 0.1) is 17.6 Å². The zero-order valence-corrected chi connectivity index (χ0v) is 15.8. The van der Waals surface area contributed by atoms with E-state index in [-0.39, 0.29) is 5.57 Å². The van der Waals surface area contributed by atoms with E-state index in [2.05, 4.69) is 6.58 Å². The monoisotopic (exact) mass is 364 g/mol. The highest BCUT2D eigenvalue weighted by Gasteiger charge is 2.66. The van der Waals surface area contributed by atoms with Crippen molar-refractivity contribution in [1.82, 2.24) is 0 Å². The Labute approximate surface area is 153 Å². The molecule has 2 aliphatic carbocycles. The molecule has 26 heavy (non-hydrogen) atoms. The zero-order chi connectivity index (χ0) is 19.4. The Morgan fingerprint density at radius 2 is 2.08 bits per heavy atom. The first-order chi connectivity index (χ1) is 12.0. The van der Waals surface area contributed by atoms with Crippen molar-refractivity contribution in [2.24, 2.45) is 17.3 Å². The zero-order valence-electron chi connectivity index (χ0n) is 15.8. The van der Waals surface area contributed by atoms with Gasteiger partial charge in [-0.2, -0.15) is 0 Å². The molecule has 0 aromatic carbocycles. The van der Waals surface area contributed by atoms with E-state index in [1.807, 2.05) is 6.92 Å². The number of carbonyl (C=O) groups excluding carboxylic acids is 2. The molecule has 0 amide bonds. The van der Waals surface area contributed by atoms with Gasteiger partial charge in [0.2, 0.25) is 0 Å². The quantitative estimate of drug-likeness (QED) is 0.574. The topological polar surface area (TPSA) is 93.1 Å². The number of carbonyl (C=O) groups is 2. The Hall–Kier alpha value is -1.66. The van der Waals surface area contributed by atoms with E-state index in [9.17, 15) is 19.8 Å². The maximum absolute atomic E-state index is 12.5. The third-order valence-electron chi connectivity index (χ3n) is 6.71. The summed E-state index contributed by atoms with van der Waals surface area (Å²) >= 11 is 0. The third-order valence-corrected chi connectivity index (χ3v) is 6.71. The Kier molecular flexibility index (Phi) is 4.56. The number of fused-ring (bicyclic) bond motifs is 2. The number of hydrogen-bond acceptors (Lipinski definition) is 6. The predicted molar refractivity (Wildman–Crippen MR) is 93.9 cm³/mol. The second-order valence-electron chi connectivity index (χ2n) is 8.44. The van der Waals surface area contributed by atoms with Crippen LogP contribution in [0.15, 0.2) is 23.8 Å². The highest BCUT2D eigenvalue weighted by Crippen LogP contribution is 2.59.